The number of aliphatic hydroxyl groups excluding tert-OH is 4. The molecule has 0 rings (SSSR count). The number of aliphatic carboxylic acids is 1. The minimum Gasteiger partial charge on any atom is -0.547 e. The molecule has 0 saturated heterocycles. The molecule has 0 aromatic heterocycles. The number of rotatable bonds is 4. The normalized spacial score (nSPS) is 18.9. The summed E-state index contributed by atoms with van der Waals surface area (Å²) in [4.78, 5) is 9.85. The van der Waals surface area contributed by atoms with Gasteiger partial charge in [0.05, 0.1) is 12.6 Å². The maximum absolute atomic E-state index is 9.85. The van der Waals surface area contributed by atoms with E-state index >= 15 is 0 Å². The molecule has 66 valence electrons. The maximum Gasteiger partial charge on any atom is 0.122 e. The van der Waals surface area contributed by atoms with Crippen molar-refractivity contribution in [1.29, 1.82) is 0 Å². The third-order valence-corrected chi connectivity index (χ3v) is 1.15. The van der Waals surface area contributed by atoms with Gasteiger partial charge >= 0.3 is 0 Å². The van der Waals surface area contributed by atoms with E-state index in [1.54, 1.807) is 0 Å². The average Bonchev–Trinajstić information content (AvgIpc) is 2.00. The van der Waals surface area contributed by atoms with E-state index in [1.807, 2.05) is 0 Å². The predicted molar refractivity (Wildman–Crippen MR) is 30.1 cm³/mol. The second kappa shape index (κ2) is 4.24. The molecule has 0 spiro atoms. The van der Waals surface area contributed by atoms with Gasteiger partial charge in [-0.3, -0.25) is 0 Å². The lowest BCUT2D eigenvalue weighted by atomic mass is 10.1. The van der Waals surface area contributed by atoms with Gasteiger partial charge in [0.15, 0.2) is 0 Å². The average molecular weight is 165 g/mol. The van der Waals surface area contributed by atoms with Gasteiger partial charge in [-0.25, -0.2) is 0 Å². The highest BCUT2D eigenvalue weighted by atomic mass is 16.4. The van der Waals surface area contributed by atoms with Crippen LogP contribution in [0, 0.1) is 0 Å². The Bertz CT molecular complexity index is 135. The molecule has 0 radical (unpaired) electrons. The Morgan fingerprint density at radius 1 is 1.36 bits per heavy atom. The fourth-order valence-electron chi connectivity index (χ4n) is 0.458. The van der Waals surface area contributed by atoms with Crippen molar-refractivity contribution in [2.45, 2.75) is 18.3 Å². The van der Waals surface area contributed by atoms with Crippen LogP contribution < -0.4 is 5.11 Å². The number of hydrogen-bond acceptors (Lipinski definition) is 6. The minimum atomic E-state index is -2.18. The third kappa shape index (κ3) is 2.81. The van der Waals surface area contributed by atoms with E-state index in [9.17, 15) is 9.90 Å². The van der Waals surface area contributed by atoms with Crippen molar-refractivity contribution in [2.24, 2.45) is 0 Å². The van der Waals surface area contributed by atoms with E-state index in [2.05, 4.69) is 0 Å². The molecule has 0 fully saturated rings. The molecular weight excluding hydrogens is 156 g/mol. The van der Waals surface area contributed by atoms with Crippen LogP contribution in [0.25, 0.3) is 0 Å². The van der Waals surface area contributed by atoms with Crippen molar-refractivity contribution in [3.63, 3.8) is 0 Å². The Labute approximate surface area is 62.3 Å². The van der Waals surface area contributed by atoms with E-state index in [1.165, 1.54) is 0 Å². The van der Waals surface area contributed by atoms with Gasteiger partial charge in [0.1, 0.15) is 18.3 Å². The Hall–Kier alpha value is -0.690. The lowest BCUT2D eigenvalue weighted by Crippen LogP contribution is -2.49. The van der Waals surface area contributed by atoms with Crippen molar-refractivity contribution in [1.82, 2.24) is 0 Å². The summed E-state index contributed by atoms with van der Waals surface area (Å²) in [7, 11) is 0. The van der Waals surface area contributed by atoms with Crippen molar-refractivity contribution in [3.05, 3.63) is 0 Å². The molecule has 0 aromatic carbocycles. The van der Waals surface area contributed by atoms with E-state index in [-0.39, 0.29) is 0 Å². The monoisotopic (exact) mass is 165 g/mol. The first-order chi connectivity index (χ1) is 5.00. The van der Waals surface area contributed by atoms with Crippen LogP contribution in [0.3, 0.4) is 0 Å². The highest BCUT2D eigenvalue weighted by molar-refractivity contribution is 5.70. The highest BCUT2D eigenvalue weighted by Crippen LogP contribution is 1.98. The fraction of sp³-hybridized carbons (Fsp3) is 0.800. The molecule has 0 aliphatic rings. The molecule has 0 saturated carbocycles. The molecule has 4 N–H and O–H groups in total. The molecule has 0 aliphatic heterocycles. The minimum absolute atomic E-state index is 0.828. The number of carbonyl (C=O) groups is 1. The summed E-state index contributed by atoms with van der Waals surface area (Å²) >= 11 is 0. The van der Waals surface area contributed by atoms with Gasteiger partial charge in [0.25, 0.3) is 0 Å². The Morgan fingerprint density at radius 2 is 1.82 bits per heavy atom. The van der Waals surface area contributed by atoms with Crippen LogP contribution in [0.1, 0.15) is 0 Å². The Morgan fingerprint density at radius 3 is 2.09 bits per heavy atom. The van der Waals surface area contributed by atoms with Crippen LogP contribution in [0.4, 0.5) is 0 Å². The Kier molecular flexibility index (Phi) is 3.98. The quantitative estimate of drug-likeness (QED) is 0.335. The van der Waals surface area contributed by atoms with Crippen LogP contribution in [-0.4, -0.2) is 51.3 Å². The van der Waals surface area contributed by atoms with Crippen molar-refractivity contribution in [3.8, 4) is 0 Å². The van der Waals surface area contributed by atoms with Gasteiger partial charge in [-0.2, -0.15) is 0 Å². The SMILES string of the molecule is O=C([O-])C(O)C(O)C(O)CO. The van der Waals surface area contributed by atoms with Crippen molar-refractivity contribution < 1.29 is 30.3 Å². The van der Waals surface area contributed by atoms with Crippen molar-refractivity contribution in [2.75, 3.05) is 6.61 Å². The van der Waals surface area contributed by atoms with Crippen LogP contribution in [0.2, 0.25) is 0 Å². The number of carboxylic acid groups (broad SMARTS) is 1. The standard InChI is InChI=1S/C5H10O6/c6-1-2(7)3(8)4(9)5(10)11/h2-4,6-9H,1H2,(H,10,11)/p-1. The lowest BCUT2D eigenvalue weighted by molar-refractivity contribution is -0.319. The molecule has 6 heteroatoms. The van der Waals surface area contributed by atoms with Crippen LogP contribution in [-0.2, 0) is 4.79 Å². The zero-order chi connectivity index (χ0) is 9.02. The number of aliphatic hydroxyl groups is 4. The second-order valence-corrected chi connectivity index (χ2v) is 2.00. The summed E-state index contributed by atoms with van der Waals surface area (Å²) in [6.45, 7) is -0.828. The smallest absolute Gasteiger partial charge is 0.122 e. The first kappa shape index (κ1) is 10.3. The van der Waals surface area contributed by atoms with Gasteiger partial charge in [-0.15, -0.1) is 0 Å². The summed E-state index contributed by atoms with van der Waals surface area (Å²) in [5.41, 5.74) is 0. The first-order valence-corrected chi connectivity index (χ1v) is 2.86. The van der Waals surface area contributed by atoms with E-state index in [0.29, 0.717) is 0 Å². The summed E-state index contributed by atoms with van der Waals surface area (Å²) in [5.74, 6) is -1.90. The molecular formula is C5H9O6-. The van der Waals surface area contributed by atoms with Crippen molar-refractivity contribution >= 4 is 5.97 Å². The summed E-state index contributed by atoms with van der Waals surface area (Å²) in [5, 5.41) is 43.8. The largest absolute Gasteiger partial charge is 0.547 e. The molecule has 3 unspecified atom stereocenters. The first-order valence-electron chi connectivity index (χ1n) is 2.86. The summed E-state index contributed by atoms with van der Waals surface area (Å²) < 4.78 is 0. The third-order valence-electron chi connectivity index (χ3n) is 1.15. The summed E-state index contributed by atoms with van der Waals surface area (Å²) in [6, 6.07) is 0. The molecule has 6 nitrogen and oxygen atoms in total. The fourth-order valence-corrected chi connectivity index (χ4v) is 0.458. The second-order valence-electron chi connectivity index (χ2n) is 2.00. The maximum atomic E-state index is 9.85. The van der Waals surface area contributed by atoms with Crippen LogP contribution in [0.5, 0.6) is 0 Å². The molecule has 0 aromatic rings. The van der Waals surface area contributed by atoms with Crippen LogP contribution in [0.15, 0.2) is 0 Å². The van der Waals surface area contributed by atoms with Gasteiger partial charge in [0, 0.05) is 0 Å². The molecule has 3 atom stereocenters. The predicted octanol–water partition coefficient (Wildman–Crippen LogP) is -4.19. The number of hydrogen-bond donors (Lipinski definition) is 4. The Balaban J connectivity index is 4.00. The molecule has 11 heavy (non-hydrogen) atoms. The lowest BCUT2D eigenvalue weighted by Gasteiger charge is -2.21. The molecule has 0 heterocycles. The van der Waals surface area contributed by atoms with E-state index < -0.39 is 30.9 Å². The summed E-state index contributed by atoms with van der Waals surface area (Å²) in [6.07, 6.45) is -5.79. The van der Waals surface area contributed by atoms with Crippen LogP contribution >= 0.6 is 0 Å². The van der Waals surface area contributed by atoms with E-state index in [4.69, 9.17) is 20.4 Å². The zero-order valence-corrected chi connectivity index (χ0v) is 5.54. The molecule has 0 aliphatic carbocycles. The number of carboxylic acids is 1. The molecule has 0 bridgehead atoms. The molecule has 0 amide bonds. The van der Waals surface area contributed by atoms with Gasteiger partial charge < -0.3 is 30.3 Å². The highest BCUT2D eigenvalue weighted by Gasteiger charge is 2.24. The zero-order valence-electron chi connectivity index (χ0n) is 5.54. The van der Waals surface area contributed by atoms with Gasteiger partial charge in [-0.05, 0) is 0 Å². The topological polar surface area (TPSA) is 121 Å². The van der Waals surface area contributed by atoms with Gasteiger partial charge in [0.2, 0.25) is 0 Å². The van der Waals surface area contributed by atoms with E-state index in [0.717, 1.165) is 0 Å². The van der Waals surface area contributed by atoms with Gasteiger partial charge in [-0.1, -0.05) is 0 Å². The number of carbonyl (C=O) groups excluding carboxylic acids is 1.